The quantitative estimate of drug-likeness (QED) is 0.203. The van der Waals surface area contributed by atoms with E-state index in [0.717, 1.165) is 11.1 Å². The zero-order chi connectivity index (χ0) is 29.7. The summed E-state index contributed by atoms with van der Waals surface area (Å²) in [4.78, 5) is 48.1. The van der Waals surface area contributed by atoms with Gasteiger partial charge in [-0.1, -0.05) is 97.4 Å². The number of alkyl carbamates (subject to hydrolysis) is 1. The SMILES string of the molecule is CC(CNC(=O)CN(Cc1ccccc1Cl)C(=O)[C@@H](CNC(=O)OCc1ccccc1)c1cnc[nH]1)c1ccccc1. The zero-order valence-corrected chi connectivity index (χ0v) is 24.1. The maximum atomic E-state index is 14.0. The lowest BCUT2D eigenvalue weighted by molar-refractivity contribution is -0.138. The van der Waals surface area contributed by atoms with Crippen LogP contribution in [0.25, 0.3) is 0 Å². The monoisotopic (exact) mass is 587 g/mol. The molecule has 2 atom stereocenters. The molecule has 9 nitrogen and oxygen atoms in total. The van der Waals surface area contributed by atoms with Crippen LogP contribution in [0.1, 0.15) is 41.1 Å². The van der Waals surface area contributed by atoms with Crippen LogP contribution in [-0.4, -0.2) is 52.4 Å². The molecular weight excluding hydrogens is 554 g/mol. The molecule has 0 saturated carbocycles. The molecule has 0 radical (unpaired) electrons. The molecule has 3 amide bonds. The van der Waals surface area contributed by atoms with Gasteiger partial charge in [-0.2, -0.15) is 0 Å². The van der Waals surface area contributed by atoms with Crippen LogP contribution in [0.15, 0.2) is 97.5 Å². The second kappa shape index (κ2) is 15.4. The van der Waals surface area contributed by atoms with Crippen LogP contribution in [0.2, 0.25) is 5.02 Å². The van der Waals surface area contributed by atoms with E-state index in [0.29, 0.717) is 22.8 Å². The van der Waals surface area contributed by atoms with E-state index in [1.807, 2.05) is 79.7 Å². The average molecular weight is 588 g/mol. The third-order valence-electron chi connectivity index (χ3n) is 6.80. The van der Waals surface area contributed by atoms with Crippen molar-refractivity contribution in [2.45, 2.75) is 31.9 Å². The fourth-order valence-corrected chi connectivity index (χ4v) is 4.60. The second-order valence-electron chi connectivity index (χ2n) is 9.90. The van der Waals surface area contributed by atoms with Crippen LogP contribution in [0.3, 0.4) is 0 Å². The van der Waals surface area contributed by atoms with Crippen LogP contribution in [0.5, 0.6) is 0 Å². The molecule has 1 heterocycles. The number of benzene rings is 3. The van der Waals surface area contributed by atoms with Crippen LogP contribution in [0, 0.1) is 0 Å². The van der Waals surface area contributed by atoms with Gasteiger partial charge in [-0.15, -0.1) is 0 Å². The van der Waals surface area contributed by atoms with Crippen molar-refractivity contribution in [1.82, 2.24) is 25.5 Å². The molecule has 4 rings (SSSR count). The Balaban J connectivity index is 1.46. The summed E-state index contributed by atoms with van der Waals surface area (Å²) < 4.78 is 5.32. The van der Waals surface area contributed by atoms with Crippen molar-refractivity contribution < 1.29 is 19.1 Å². The number of nitrogens with one attached hydrogen (secondary N) is 3. The predicted octanol–water partition coefficient (Wildman–Crippen LogP) is 5.02. The molecule has 0 saturated heterocycles. The van der Waals surface area contributed by atoms with Gasteiger partial charge in [0.25, 0.3) is 0 Å². The smallest absolute Gasteiger partial charge is 0.407 e. The predicted molar refractivity (Wildman–Crippen MR) is 161 cm³/mol. The number of halogens is 1. The highest BCUT2D eigenvalue weighted by molar-refractivity contribution is 6.31. The first-order valence-electron chi connectivity index (χ1n) is 13.7. The van der Waals surface area contributed by atoms with Gasteiger partial charge in [-0.3, -0.25) is 9.59 Å². The number of imidazole rings is 1. The Morgan fingerprint density at radius 3 is 2.31 bits per heavy atom. The highest BCUT2D eigenvalue weighted by atomic mass is 35.5. The highest BCUT2D eigenvalue weighted by Crippen LogP contribution is 2.21. The van der Waals surface area contributed by atoms with Gasteiger partial charge in [0.15, 0.2) is 0 Å². The summed E-state index contributed by atoms with van der Waals surface area (Å²) in [6.07, 6.45) is 2.32. The van der Waals surface area contributed by atoms with E-state index in [2.05, 4.69) is 20.6 Å². The van der Waals surface area contributed by atoms with Gasteiger partial charge in [0.2, 0.25) is 11.8 Å². The summed E-state index contributed by atoms with van der Waals surface area (Å²) in [6.45, 7) is 2.36. The summed E-state index contributed by atoms with van der Waals surface area (Å²) in [5, 5.41) is 6.11. The average Bonchev–Trinajstić information content (AvgIpc) is 3.55. The van der Waals surface area contributed by atoms with Gasteiger partial charge in [-0.05, 0) is 28.7 Å². The lowest BCUT2D eigenvalue weighted by Gasteiger charge is -2.27. The number of hydrogen-bond acceptors (Lipinski definition) is 5. The van der Waals surface area contributed by atoms with Crippen molar-refractivity contribution in [3.63, 3.8) is 0 Å². The van der Waals surface area contributed by atoms with Gasteiger partial charge >= 0.3 is 6.09 Å². The standard InChI is InChI=1S/C32H34ClN5O4/c1-23(25-12-6-3-7-13-25)16-35-30(39)20-38(19-26-14-8-9-15-28(26)33)31(40)27(29-18-34-22-37-29)17-36-32(41)42-21-24-10-4-2-5-11-24/h2-15,18,22-23,27H,16-17,19-21H2,1H3,(H,34,37)(H,35,39)(H,36,41)/t23?,27-/m0/s1. The van der Waals surface area contributed by atoms with E-state index in [4.69, 9.17) is 16.3 Å². The first-order valence-corrected chi connectivity index (χ1v) is 14.0. The number of aromatic nitrogens is 2. The minimum Gasteiger partial charge on any atom is -0.445 e. The Kier molecular flexibility index (Phi) is 11.1. The third-order valence-corrected chi connectivity index (χ3v) is 7.16. The molecule has 0 bridgehead atoms. The molecule has 0 aliphatic rings. The summed E-state index contributed by atoms with van der Waals surface area (Å²) in [5.41, 5.74) is 3.13. The van der Waals surface area contributed by atoms with Crippen molar-refractivity contribution in [2.75, 3.05) is 19.6 Å². The van der Waals surface area contributed by atoms with Gasteiger partial charge in [-0.25, -0.2) is 9.78 Å². The molecule has 42 heavy (non-hydrogen) atoms. The molecule has 0 aliphatic carbocycles. The van der Waals surface area contributed by atoms with E-state index in [9.17, 15) is 14.4 Å². The van der Waals surface area contributed by atoms with Crippen molar-refractivity contribution in [1.29, 1.82) is 0 Å². The first-order chi connectivity index (χ1) is 20.4. The Bertz CT molecular complexity index is 1430. The summed E-state index contributed by atoms with van der Waals surface area (Å²) in [5.74, 6) is -1.45. The van der Waals surface area contributed by atoms with Crippen molar-refractivity contribution >= 4 is 29.5 Å². The molecule has 0 aliphatic heterocycles. The van der Waals surface area contributed by atoms with Gasteiger partial charge in [0.05, 0.1) is 18.8 Å². The van der Waals surface area contributed by atoms with Crippen LogP contribution in [0.4, 0.5) is 4.79 Å². The molecule has 218 valence electrons. The summed E-state index contributed by atoms with van der Waals surface area (Å²) >= 11 is 6.42. The van der Waals surface area contributed by atoms with Crippen molar-refractivity contribution in [2.24, 2.45) is 0 Å². The number of nitrogens with zero attached hydrogens (tertiary/aromatic N) is 2. The third kappa shape index (κ3) is 8.94. The van der Waals surface area contributed by atoms with Gasteiger partial charge in [0.1, 0.15) is 6.61 Å². The zero-order valence-electron chi connectivity index (χ0n) is 23.3. The van der Waals surface area contributed by atoms with Crippen LogP contribution >= 0.6 is 11.6 Å². The number of hydrogen-bond donors (Lipinski definition) is 3. The number of rotatable bonds is 13. The van der Waals surface area contributed by atoms with E-state index in [1.54, 1.807) is 12.1 Å². The van der Waals surface area contributed by atoms with Crippen LogP contribution in [-0.2, 0) is 27.5 Å². The normalized spacial score (nSPS) is 12.1. The Hall–Kier alpha value is -4.63. The number of carbonyl (C=O) groups excluding carboxylic acids is 3. The second-order valence-corrected chi connectivity index (χ2v) is 10.3. The Morgan fingerprint density at radius 1 is 0.929 bits per heavy atom. The molecule has 0 fully saturated rings. The summed E-state index contributed by atoms with van der Waals surface area (Å²) in [7, 11) is 0. The van der Waals surface area contributed by atoms with Crippen molar-refractivity contribution in [3.05, 3.63) is 125 Å². The lowest BCUT2D eigenvalue weighted by Crippen LogP contribution is -2.45. The molecule has 4 aromatic rings. The largest absolute Gasteiger partial charge is 0.445 e. The van der Waals surface area contributed by atoms with Gasteiger partial charge < -0.3 is 25.3 Å². The van der Waals surface area contributed by atoms with E-state index in [-0.39, 0.29) is 44.0 Å². The molecule has 1 unspecified atom stereocenters. The van der Waals surface area contributed by atoms with Crippen molar-refractivity contribution in [3.8, 4) is 0 Å². The van der Waals surface area contributed by atoms with E-state index in [1.165, 1.54) is 17.4 Å². The minimum atomic E-state index is -0.852. The van der Waals surface area contributed by atoms with Gasteiger partial charge in [0, 0.05) is 36.5 Å². The number of ether oxygens (including phenoxy) is 1. The fraction of sp³-hybridized carbons (Fsp3) is 0.250. The first kappa shape index (κ1) is 30.3. The summed E-state index contributed by atoms with van der Waals surface area (Å²) in [6, 6.07) is 26.3. The van der Waals surface area contributed by atoms with Crippen LogP contribution < -0.4 is 10.6 Å². The maximum Gasteiger partial charge on any atom is 0.407 e. The Labute approximate surface area is 250 Å². The maximum absolute atomic E-state index is 14.0. The number of aromatic amines is 1. The molecular formula is C32H34ClN5O4. The van der Waals surface area contributed by atoms with E-state index >= 15 is 0 Å². The lowest BCUT2D eigenvalue weighted by atomic mass is 10.0. The molecule has 1 aromatic heterocycles. The molecule has 10 heteroatoms. The Morgan fingerprint density at radius 2 is 1.62 bits per heavy atom. The fourth-order valence-electron chi connectivity index (χ4n) is 4.41. The molecule has 3 N–H and O–H groups in total. The molecule has 3 aromatic carbocycles. The van der Waals surface area contributed by atoms with E-state index < -0.39 is 12.0 Å². The number of H-pyrrole nitrogens is 1. The topological polar surface area (TPSA) is 116 Å². The number of carbonyl (C=O) groups is 3. The highest BCUT2D eigenvalue weighted by Gasteiger charge is 2.30. The molecule has 0 spiro atoms. The number of amides is 3. The minimum absolute atomic E-state index is 0.0691.